The number of nitrogens with one attached hydrogen (secondary N) is 1. The fraction of sp³-hybridized carbons (Fsp3) is 0.192. The average molecular weight is 557 g/mol. The second-order valence-electron chi connectivity index (χ2n) is 8.09. The Morgan fingerprint density at radius 1 is 1.03 bits per heavy atom. The van der Waals surface area contributed by atoms with Gasteiger partial charge in [-0.2, -0.15) is 0 Å². The van der Waals surface area contributed by atoms with Gasteiger partial charge in [-0.25, -0.2) is 18.1 Å². The van der Waals surface area contributed by atoms with Gasteiger partial charge in [0.25, 0.3) is 5.69 Å². The lowest BCUT2D eigenvalue weighted by Crippen LogP contribution is -2.26. The third-order valence-electron chi connectivity index (χ3n) is 5.52. The Morgan fingerprint density at radius 2 is 1.68 bits per heavy atom. The van der Waals surface area contributed by atoms with Gasteiger partial charge in [-0.3, -0.25) is 10.1 Å². The van der Waals surface area contributed by atoms with Crippen molar-refractivity contribution in [1.29, 1.82) is 0 Å². The van der Waals surface area contributed by atoms with Crippen LogP contribution in [0.4, 0.5) is 5.69 Å². The second kappa shape index (κ2) is 11.9. The Balaban J connectivity index is 1.57. The fourth-order valence-corrected chi connectivity index (χ4v) is 6.11. The van der Waals surface area contributed by atoms with Gasteiger partial charge in [0.05, 0.1) is 21.2 Å². The average Bonchev–Trinajstić information content (AvgIpc) is 3.26. The number of hydrogen-bond donors (Lipinski definition) is 1. The standard InChI is InChI=1S/C26H25ClN4O4S2/c1-2-16-30-25(20-11-7-4-8-12-20)24(19-9-5-3-6-10-19)29-26(30)36-17-15-28-37(34,35)21-13-14-22(27)23(18-21)31(32)33/h3-14,18,28H,2,15-17H2,1H3. The van der Waals surface area contributed by atoms with Crippen molar-refractivity contribution in [2.24, 2.45) is 0 Å². The first kappa shape index (κ1) is 26.9. The third kappa shape index (κ3) is 6.22. The predicted octanol–water partition coefficient (Wildman–Crippen LogP) is 6.26. The van der Waals surface area contributed by atoms with E-state index in [4.69, 9.17) is 16.6 Å². The SMILES string of the molecule is CCCn1c(SCCNS(=O)(=O)c2ccc(Cl)c([N+](=O)[O-])c2)nc(-c2ccccc2)c1-c1ccccc1. The molecular weight excluding hydrogens is 532 g/mol. The summed E-state index contributed by atoms with van der Waals surface area (Å²) in [5, 5.41) is 11.8. The van der Waals surface area contributed by atoms with Crippen LogP contribution < -0.4 is 4.72 Å². The quantitative estimate of drug-likeness (QED) is 0.101. The van der Waals surface area contributed by atoms with Gasteiger partial charge >= 0.3 is 0 Å². The van der Waals surface area contributed by atoms with Gasteiger partial charge in [0, 0.05) is 36.0 Å². The summed E-state index contributed by atoms with van der Waals surface area (Å²) in [4.78, 5) is 15.2. The molecule has 4 aromatic rings. The lowest BCUT2D eigenvalue weighted by Gasteiger charge is -2.12. The molecule has 0 spiro atoms. The number of nitrogens with zero attached hydrogens (tertiary/aromatic N) is 3. The van der Waals surface area contributed by atoms with Crippen LogP contribution in [-0.4, -0.2) is 35.2 Å². The molecule has 192 valence electrons. The molecule has 37 heavy (non-hydrogen) atoms. The van der Waals surface area contributed by atoms with E-state index < -0.39 is 20.6 Å². The van der Waals surface area contributed by atoms with E-state index in [1.54, 1.807) is 0 Å². The Bertz CT molecular complexity index is 1490. The molecule has 0 radical (unpaired) electrons. The highest BCUT2D eigenvalue weighted by Crippen LogP contribution is 2.36. The lowest BCUT2D eigenvalue weighted by atomic mass is 10.0. The van der Waals surface area contributed by atoms with Crippen molar-refractivity contribution in [3.05, 3.63) is 94.0 Å². The Kier molecular flexibility index (Phi) is 8.65. The third-order valence-corrected chi connectivity index (χ3v) is 8.28. The largest absolute Gasteiger partial charge is 0.318 e. The van der Waals surface area contributed by atoms with Crippen molar-refractivity contribution in [3.8, 4) is 22.5 Å². The summed E-state index contributed by atoms with van der Waals surface area (Å²) >= 11 is 7.26. The zero-order valence-electron chi connectivity index (χ0n) is 20.0. The van der Waals surface area contributed by atoms with E-state index >= 15 is 0 Å². The summed E-state index contributed by atoms with van der Waals surface area (Å²) in [6.07, 6.45) is 0.903. The molecule has 1 aromatic heterocycles. The molecule has 8 nitrogen and oxygen atoms in total. The minimum atomic E-state index is -3.95. The van der Waals surface area contributed by atoms with Gasteiger partial charge in [0.2, 0.25) is 10.0 Å². The molecule has 1 heterocycles. The van der Waals surface area contributed by atoms with Crippen molar-refractivity contribution in [2.45, 2.75) is 29.9 Å². The van der Waals surface area contributed by atoms with Gasteiger partial charge in [-0.05, 0) is 18.6 Å². The van der Waals surface area contributed by atoms with E-state index in [9.17, 15) is 18.5 Å². The number of nitro groups is 1. The Labute approximate surface area is 224 Å². The minimum absolute atomic E-state index is 0.115. The molecule has 0 saturated heterocycles. The van der Waals surface area contributed by atoms with E-state index in [1.807, 2.05) is 48.5 Å². The smallest absolute Gasteiger partial charge is 0.289 e. The number of rotatable bonds is 11. The molecule has 3 aromatic carbocycles. The predicted molar refractivity (Wildman–Crippen MR) is 147 cm³/mol. The lowest BCUT2D eigenvalue weighted by molar-refractivity contribution is -0.384. The monoisotopic (exact) mass is 556 g/mol. The number of sulfonamides is 1. The van der Waals surface area contributed by atoms with Crippen molar-refractivity contribution < 1.29 is 13.3 Å². The van der Waals surface area contributed by atoms with Crippen molar-refractivity contribution in [1.82, 2.24) is 14.3 Å². The van der Waals surface area contributed by atoms with Crippen LogP contribution in [0.2, 0.25) is 5.02 Å². The summed E-state index contributed by atoms with van der Waals surface area (Å²) in [5.41, 5.74) is 3.49. The molecule has 0 unspecified atom stereocenters. The molecule has 4 rings (SSSR count). The topological polar surface area (TPSA) is 107 Å². The first-order valence-corrected chi connectivity index (χ1v) is 14.4. The molecule has 0 aliphatic heterocycles. The summed E-state index contributed by atoms with van der Waals surface area (Å²) in [6.45, 7) is 2.97. The first-order chi connectivity index (χ1) is 17.8. The van der Waals surface area contributed by atoms with E-state index in [2.05, 4.69) is 28.3 Å². The van der Waals surface area contributed by atoms with Crippen LogP contribution in [0.1, 0.15) is 13.3 Å². The van der Waals surface area contributed by atoms with Gasteiger partial charge in [0.1, 0.15) is 5.02 Å². The molecular formula is C26H25ClN4O4S2. The summed E-state index contributed by atoms with van der Waals surface area (Å²) in [6, 6.07) is 23.5. The number of nitro benzene ring substituents is 1. The summed E-state index contributed by atoms with van der Waals surface area (Å²) < 4.78 is 30.1. The minimum Gasteiger partial charge on any atom is -0.318 e. The van der Waals surface area contributed by atoms with Crippen LogP contribution in [0.25, 0.3) is 22.5 Å². The molecule has 0 atom stereocenters. The highest BCUT2D eigenvalue weighted by molar-refractivity contribution is 7.99. The molecule has 0 saturated carbocycles. The molecule has 0 aliphatic rings. The van der Waals surface area contributed by atoms with Crippen LogP contribution in [0, 0.1) is 10.1 Å². The number of hydrogen-bond acceptors (Lipinski definition) is 6. The van der Waals surface area contributed by atoms with Gasteiger partial charge in [-0.1, -0.05) is 91.0 Å². The summed E-state index contributed by atoms with van der Waals surface area (Å²) in [7, 11) is -3.95. The summed E-state index contributed by atoms with van der Waals surface area (Å²) in [5.74, 6) is 0.415. The highest BCUT2D eigenvalue weighted by Gasteiger charge is 2.22. The molecule has 0 fully saturated rings. The maximum atomic E-state index is 12.7. The van der Waals surface area contributed by atoms with Crippen molar-refractivity contribution in [2.75, 3.05) is 12.3 Å². The number of benzene rings is 3. The molecule has 0 aliphatic carbocycles. The van der Waals surface area contributed by atoms with Crippen LogP contribution in [-0.2, 0) is 16.6 Å². The van der Waals surface area contributed by atoms with Crippen LogP contribution in [0.3, 0.4) is 0 Å². The zero-order chi connectivity index (χ0) is 26.4. The van der Waals surface area contributed by atoms with Crippen LogP contribution in [0.15, 0.2) is 88.9 Å². The van der Waals surface area contributed by atoms with Crippen molar-refractivity contribution in [3.63, 3.8) is 0 Å². The normalized spacial score (nSPS) is 11.5. The van der Waals surface area contributed by atoms with Gasteiger partial charge < -0.3 is 4.57 Å². The number of aromatic nitrogens is 2. The van der Waals surface area contributed by atoms with E-state index in [1.165, 1.54) is 23.9 Å². The van der Waals surface area contributed by atoms with Crippen LogP contribution >= 0.6 is 23.4 Å². The van der Waals surface area contributed by atoms with E-state index in [-0.39, 0.29) is 16.5 Å². The number of thioether (sulfide) groups is 1. The van der Waals surface area contributed by atoms with E-state index in [0.717, 1.165) is 46.7 Å². The molecule has 0 bridgehead atoms. The van der Waals surface area contributed by atoms with Gasteiger partial charge in [-0.15, -0.1) is 0 Å². The first-order valence-electron chi connectivity index (χ1n) is 11.6. The zero-order valence-corrected chi connectivity index (χ0v) is 22.4. The molecule has 11 heteroatoms. The van der Waals surface area contributed by atoms with E-state index in [0.29, 0.717) is 5.75 Å². The number of imidazole rings is 1. The van der Waals surface area contributed by atoms with Crippen molar-refractivity contribution >= 4 is 39.1 Å². The van der Waals surface area contributed by atoms with Crippen LogP contribution in [0.5, 0.6) is 0 Å². The number of halogens is 1. The highest BCUT2D eigenvalue weighted by atomic mass is 35.5. The molecule has 1 N–H and O–H groups in total. The Morgan fingerprint density at radius 3 is 2.30 bits per heavy atom. The fourth-order valence-electron chi connectivity index (χ4n) is 3.86. The maximum Gasteiger partial charge on any atom is 0.289 e. The maximum absolute atomic E-state index is 12.7. The molecule has 0 amide bonds. The second-order valence-corrected chi connectivity index (χ2v) is 11.3. The Hall–Kier alpha value is -3.18. The van der Waals surface area contributed by atoms with Gasteiger partial charge in [0.15, 0.2) is 5.16 Å².